The lowest BCUT2D eigenvalue weighted by molar-refractivity contribution is 0.0681. The van der Waals surface area contributed by atoms with Crippen LogP contribution < -0.4 is 16.2 Å². The lowest BCUT2D eigenvalue weighted by atomic mass is 10.0. The van der Waals surface area contributed by atoms with Crippen LogP contribution in [0.2, 0.25) is 0 Å². The number of hydrogen-bond acceptors (Lipinski definition) is 6. The van der Waals surface area contributed by atoms with Gasteiger partial charge in [-0.05, 0) is 61.4 Å². The van der Waals surface area contributed by atoms with Gasteiger partial charge in [-0.1, -0.05) is 0 Å². The largest absolute Gasteiger partial charge is 0.494 e. The molecule has 7 rings (SSSR count). The minimum atomic E-state index is -0.117. The number of methoxy groups -OCH3 is 1. The fraction of sp³-hybridized carbons (Fsp3) is 0.444. The molecule has 2 bridgehead atoms. The second-order valence-electron chi connectivity index (χ2n) is 10.7. The normalized spacial score (nSPS) is 25.4. The topological polar surface area (TPSA) is 117 Å². The van der Waals surface area contributed by atoms with Gasteiger partial charge in [-0.3, -0.25) is 4.79 Å². The smallest absolute Gasteiger partial charge is 0.254 e. The average Bonchev–Trinajstić information content (AvgIpc) is 3.32. The molecule has 3 unspecified atom stereocenters. The summed E-state index contributed by atoms with van der Waals surface area (Å²) in [5, 5.41) is 1.10. The standard InChI is InChI=1S/C27H31N7O2/c1-32-24-19(31-26(32)20-10-15-4-3-7-30-25(15)33(20)12-14-5-6-14)9-16(11-21(24)36-2)27(35)34-13-17-8-18(28)23(34)22(17)29/h3-4,7,9-11,14,17-18,22-23H,5-6,8,12-13,28-29H2,1-2H3/t17?,18-,22?,23?/m0/s1. The second kappa shape index (κ2) is 7.78. The van der Waals surface area contributed by atoms with Gasteiger partial charge in [-0.2, -0.15) is 0 Å². The van der Waals surface area contributed by atoms with Crippen LogP contribution in [0.4, 0.5) is 0 Å². The number of hydrogen-bond donors (Lipinski definition) is 2. The molecule has 36 heavy (non-hydrogen) atoms. The molecular weight excluding hydrogens is 454 g/mol. The third-order valence-electron chi connectivity index (χ3n) is 8.43. The Morgan fingerprint density at radius 1 is 1.22 bits per heavy atom. The number of fused-ring (bicyclic) bond motifs is 4. The quantitative estimate of drug-likeness (QED) is 0.449. The first-order valence-electron chi connectivity index (χ1n) is 12.8. The first-order chi connectivity index (χ1) is 17.4. The summed E-state index contributed by atoms with van der Waals surface area (Å²) < 4.78 is 10.1. The highest BCUT2D eigenvalue weighted by molar-refractivity contribution is 6.00. The molecule has 1 aromatic carbocycles. The highest BCUT2D eigenvalue weighted by Gasteiger charge is 2.51. The predicted octanol–water partition coefficient (Wildman–Crippen LogP) is 2.51. The molecule has 4 heterocycles. The number of nitrogens with two attached hydrogens (primary N) is 2. The first kappa shape index (κ1) is 21.8. The number of benzene rings is 1. The lowest BCUT2D eigenvalue weighted by Gasteiger charge is -2.31. The molecule has 0 radical (unpaired) electrons. The van der Waals surface area contributed by atoms with E-state index in [2.05, 4.69) is 26.3 Å². The molecule has 4 aromatic rings. The number of aryl methyl sites for hydroxylation is 1. The van der Waals surface area contributed by atoms with Gasteiger partial charge in [-0.15, -0.1) is 0 Å². The number of imidazole rings is 1. The maximum atomic E-state index is 13.6. The molecule has 4 atom stereocenters. The van der Waals surface area contributed by atoms with Crippen molar-refractivity contribution in [3.05, 3.63) is 42.1 Å². The minimum Gasteiger partial charge on any atom is -0.494 e. The number of piperidine rings is 1. The molecule has 9 heteroatoms. The summed E-state index contributed by atoms with van der Waals surface area (Å²) in [5.41, 5.74) is 16.8. The number of nitrogens with zero attached hydrogens (tertiary/aromatic N) is 5. The van der Waals surface area contributed by atoms with Gasteiger partial charge < -0.3 is 30.2 Å². The number of amides is 1. The van der Waals surface area contributed by atoms with Gasteiger partial charge in [0.25, 0.3) is 5.91 Å². The van der Waals surface area contributed by atoms with E-state index in [0.29, 0.717) is 23.8 Å². The molecule has 2 saturated carbocycles. The summed E-state index contributed by atoms with van der Waals surface area (Å²) in [6.45, 7) is 1.58. The van der Waals surface area contributed by atoms with E-state index < -0.39 is 0 Å². The maximum Gasteiger partial charge on any atom is 0.254 e. The van der Waals surface area contributed by atoms with Gasteiger partial charge in [0.1, 0.15) is 16.9 Å². The summed E-state index contributed by atoms with van der Waals surface area (Å²) >= 11 is 0. The summed E-state index contributed by atoms with van der Waals surface area (Å²) in [7, 11) is 3.63. The number of rotatable bonds is 5. The van der Waals surface area contributed by atoms with Gasteiger partial charge in [0.2, 0.25) is 0 Å². The van der Waals surface area contributed by atoms with E-state index in [1.54, 1.807) is 7.11 Å². The molecule has 186 valence electrons. The molecule has 1 saturated heterocycles. The Balaban J connectivity index is 1.34. The van der Waals surface area contributed by atoms with Crippen LogP contribution in [0.5, 0.6) is 5.75 Å². The van der Waals surface area contributed by atoms with Crippen LogP contribution in [0.15, 0.2) is 36.5 Å². The van der Waals surface area contributed by atoms with Crippen molar-refractivity contribution < 1.29 is 9.53 Å². The van der Waals surface area contributed by atoms with Crippen molar-refractivity contribution in [2.75, 3.05) is 13.7 Å². The van der Waals surface area contributed by atoms with Crippen LogP contribution in [0.3, 0.4) is 0 Å². The van der Waals surface area contributed by atoms with Gasteiger partial charge in [0, 0.05) is 49.4 Å². The van der Waals surface area contributed by atoms with Crippen molar-refractivity contribution in [2.45, 2.75) is 43.9 Å². The Hall–Kier alpha value is -3.43. The highest BCUT2D eigenvalue weighted by atomic mass is 16.5. The molecule has 3 aliphatic rings. The Kier molecular flexibility index (Phi) is 4.72. The first-order valence-corrected chi connectivity index (χ1v) is 12.8. The molecule has 2 aliphatic carbocycles. The van der Waals surface area contributed by atoms with Crippen molar-refractivity contribution in [2.24, 2.45) is 30.4 Å². The maximum absolute atomic E-state index is 13.6. The second-order valence-corrected chi connectivity index (χ2v) is 10.7. The summed E-state index contributed by atoms with van der Waals surface area (Å²) in [4.78, 5) is 25.2. The zero-order valence-corrected chi connectivity index (χ0v) is 20.6. The van der Waals surface area contributed by atoms with Crippen molar-refractivity contribution in [1.29, 1.82) is 0 Å². The van der Waals surface area contributed by atoms with E-state index in [-0.39, 0.29) is 30.0 Å². The number of likely N-dealkylation sites (tertiary alicyclic amines) is 1. The van der Waals surface area contributed by atoms with Gasteiger partial charge in [-0.25, -0.2) is 9.97 Å². The number of carbonyl (C=O) groups excluding carboxylic acids is 1. The molecule has 3 fully saturated rings. The van der Waals surface area contributed by atoms with Crippen LogP contribution in [-0.4, -0.2) is 61.7 Å². The van der Waals surface area contributed by atoms with Crippen molar-refractivity contribution in [3.8, 4) is 17.3 Å². The van der Waals surface area contributed by atoms with E-state index in [1.165, 1.54) is 12.8 Å². The molecule has 1 amide bonds. The fourth-order valence-corrected chi connectivity index (χ4v) is 6.44. The number of aromatic nitrogens is 4. The predicted molar refractivity (Wildman–Crippen MR) is 138 cm³/mol. The molecule has 1 aliphatic heterocycles. The van der Waals surface area contributed by atoms with E-state index in [4.69, 9.17) is 21.2 Å². The Morgan fingerprint density at radius 2 is 2.06 bits per heavy atom. The van der Waals surface area contributed by atoms with E-state index in [1.807, 2.05) is 36.3 Å². The highest BCUT2D eigenvalue weighted by Crippen LogP contribution is 2.39. The Bertz CT molecular complexity index is 1520. The molecule has 3 aromatic heterocycles. The van der Waals surface area contributed by atoms with Crippen molar-refractivity contribution in [1.82, 2.24) is 24.0 Å². The summed E-state index contributed by atoms with van der Waals surface area (Å²) in [6, 6.07) is 9.66. The lowest BCUT2D eigenvalue weighted by Crippen LogP contribution is -2.51. The third kappa shape index (κ3) is 3.12. The van der Waals surface area contributed by atoms with Gasteiger partial charge >= 0.3 is 0 Å². The van der Waals surface area contributed by atoms with Crippen LogP contribution in [0.1, 0.15) is 29.6 Å². The van der Waals surface area contributed by atoms with Crippen molar-refractivity contribution >= 4 is 28.0 Å². The van der Waals surface area contributed by atoms with E-state index >= 15 is 0 Å². The molecule has 0 spiro atoms. The van der Waals surface area contributed by atoms with Crippen molar-refractivity contribution in [3.63, 3.8) is 0 Å². The fourth-order valence-electron chi connectivity index (χ4n) is 6.44. The van der Waals surface area contributed by atoms with E-state index in [0.717, 1.165) is 46.6 Å². The number of pyridine rings is 1. The Labute approximate surface area is 209 Å². The van der Waals surface area contributed by atoms with Gasteiger partial charge in [0.15, 0.2) is 5.82 Å². The monoisotopic (exact) mass is 485 g/mol. The van der Waals surface area contributed by atoms with Crippen LogP contribution >= 0.6 is 0 Å². The zero-order valence-electron chi connectivity index (χ0n) is 20.6. The van der Waals surface area contributed by atoms with Crippen LogP contribution in [0.25, 0.3) is 33.6 Å². The van der Waals surface area contributed by atoms with Crippen LogP contribution in [-0.2, 0) is 13.6 Å². The molecular formula is C27H31N7O2. The van der Waals surface area contributed by atoms with E-state index in [9.17, 15) is 4.79 Å². The molecule has 9 nitrogen and oxygen atoms in total. The SMILES string of the molecule is COc1cc(C(=O)N2CC3C[C@H](N)C2C3N)cc2nc(-c3cc4cccnc4n3CC3CC3)n(C)c12. The minimum absolute atomic E-state index is 0.0574. The third-order valence-corrected chi connectivity index (χ3v) is 8.43. The number of carbonyl (C=O) groups is 1. The Morgan fingerprint density at radius 3 is 2.78 bits per heavy atom. The van der Waals surface area contributed by atoms with Crippen LogP contribution in [0, 0.1) is 11.8 Å². The summed E-state index contributed by atoms with van der Waals surface area (Å²) in [6.07, 6.45) is 5.22. The summed E-state index contributed by atoms with van der Waals surface area (Å²) in [5.74, 6) is 2.34. The zero-order chi connectivity index (χ0) is 24.7. The van der Waals surface area contributed by atoms with Gasteiger partial charge in [0.05, 0.1) is 24.4 Å². The number of ether oxygens (including phenoxy) is 1. The average molecular weight is 486 g/mol. The molecule has 4 N–H and O–H groups in total.